The van der Waals surface area contributed by atoms with Gasteiger partial charge >= 0.3 is 67.3 Å². The molecule has 0 bridgehead atoms. The fourth-order valence-corrected chi connectivity index (χ4v) is 0. The third kappa shape index (κ3) is 84.8. The molecule has 0 unspecified atom stereocenters. The Balaban J connectivity index is -0.0000000267. The van der Waals surface area contributed by atoms with Crippen LogP contribution in [0.25, 0.3) is 0 Å². The molecular weight excluding hydrogens is 180 g/mol. The molecule has 0 aromatic carbocycles. The van der Waals surface area contributed by atoms with Gasteiger partial charge in [0.25, 0.3) is 0 Å². The molecule has 3 nitrogen and oxygen atoms in total. The molecule has 0 aromatic heterocycles. The predicted octanol–water partition coefficient (Wildman–Crippen LogP) is -7.59. The molecule has 0 saturated carbocycles. The van der Waals surface area contributed by atoms with E-state index in [1.165, 1.54) is 0 Å². The van der Waals surface area contributed by atoms with Gasteiger partial charge in [-0.25, -0.2) is 4.20 Å². The van der Waals surface area contributed by atoms with Gasteiger partial charge in [-0.2, -0.15) is 0 Å². The van der Waals surface area contributed by atoms with Crippen molar-refractivity contribution in [1.82, 2.24) is 0 Å². The number of hydrogen-bond acceptors (Lipinski definition) is 3. The van der Waals surface area contributed by atoms with Crippen LogP contribution in [0.15, 0.2) is 0 Å². The van der Waals surface area contributed by atoms with Gasteiger partial charge in [-0.15, -0.1) is 0 Å². The second-order valence-electron chi connectivity index (χ2n) is 0.431. The zero-order valence-electron chi connectivity index (χ0n) is 4.13. The molecule has 0 saturated heterocycles. The molecule has 0 aromatic rings. The molecule has 0 aliphatic rings. The maximum Gasteiger partial charge on any atom is 2.00 e. The van der Waals surface area contributed by atoms with Crippen LogP contribution >= 0.6 is 7.91 Å². The first-order valence-electron chi connectivity index (χ1n) is 0.717. The summed E-state index contributed by atoms with van der Waals surface area (Å²) >= 11 is 0. The van der Waals surface area contributed by atoms with E-state index in [-0.39, 0.29) is 72.0 Å². The van der Waals surface area contributed by atoms with E-state index in [1.807, 2.05) is 0 Å². The van der Waals surface area contributed by atoms with E-state index in [0.29, 0.717) is 0 Å². The molecule has 0 radical (unpaired) electrons. The van der Waals surface area contributed by atoms with Crippen molar-refractivity contribution in [1.29, 1.82) is 0 Å². The molecule has 0 rings (SSSR count). The molecule has 40 valence electrons. The quantitative estimate of drug-likeness (QED) is 0.275. The topological polar surface area (TPSA) is 63.2 Å². The van der Waals surface area contributed by atoms with E-state index in [1.54, 1.807) is 0 Å². The summed E-state index contributed by atoms with van der Waals surface area (Å²) in [6.45, 7) is 0. The van der Waals surface area contributed by atoms with Crippen molar-refractivity contribution in [3.05, 3.63) is 0 Å². The van der Waals surface area contributed by atoms with Gasteiger partial charge < -0.3 is 19.1 Å². The van der Waals surface area contributed by atoms with E-state index in [4.69, 9.17) is 14.4 Å². The summed E-state index contributed by atoms with van der Waals surface area (Å²) in [6.07, 6.45) is 0. The van der Waals surface area contributed by atoms with Crippen molar-refractivity contribution in [3.8, 4) is 0 Å². The maximum atomic E-state index is 10.1. The van der Waals surface area contributed by atoms with Crippen LogP contribution in [0.3, 0.4) is 0 Å². The Bertz CT molecular complexity index is 63.4. The second kappa shape index (κ2) is 9.27. The minimum Gasteiger partial charge on any atom is -1.00 e. The number of hydrogen-bond donors (Lipinski definition) is 0. The SMILES string of the molecule is O=P([O-])([O-])F.[Ca+2].[F-].[Na+]. The van der Waals surface area contributed by atoms with Gasteiger partial charge in [0.15, 0.2) is 0 Å². The van der Waals surface area contributed by atoms with Crippen LogP contribution in [0.1, 0.15) is 0 Å². The summed E-state index contributed by atoms with van der Waals surface area (Å²) in [5.74, 6) is 0. The van der Waals surface area contributed by atoms with Crippen LogP contribution in [0, 0.1) is 0 Å². The minimum atomic E-state index is -5.64. The van der Waals surface area contributed by atoms with Crippen molar-refractivity contribution in [2.45, 2.75) is 0 Å². The molecule has 8 heteroatoms. The molecule has 0 atom stereocenters. The van der Waals surface area contributed by atoms with Gasteiger partial charge in [-0.3, -0.25) is 0 Å². The monoisotopic (exact) mass is 180 g/mol. The van der Waals surface area contributed by atoms with Crippen molar-refractivity contribution < 1.29 is 52.8 Å². The Kier molecular flexibility index (Phi) is 26.0. The summed E-state index contributed by atoms with van der Waals surface area (Å²) in [6, 6.07) is 0. The first kappa shape index (κ1) is 22.4. The number of rotatable bonds is 0. The Labute approximate surface area is 97.0 Å². The Hall–Kier alpha value is 2.27. The Morgan fingerprint density at radius 2 is 1.38 bits per heavy atom. The first-order chi connectivity index (χ1) is 2.00. The fourth-order valence-electron chi connectivity index (χ4n) is 0. The van der Waals surface area contributed by atoms with E-state index in [2.05, 4.69) is 0 Å². The average molecular weight is 180 g/mol. The summed E-state index contributed by atoms with van der Waals surface area (Å²) in [4.78, 5) is 16.9. The van der Waals surface area contributed by atoms with Crippen molar-refractivity contribution in [2.24, 2.45) is 0 Å². The largest absolute Gasteiger partial charge is 2.00 e. The summed E-state index contributed by atoms with van der Waals surface area (Å²) in [5, 5.41) is 0. The molecular formula is CaF2NaO3P. The van der Waals surface area contributed by atoms with Gasteiger partial charge in [0.2, 0.25) is 0 Å². The van der Waals surface area contributed by atoms with Crippen molar-refractivity contribution >= 4 is 45.6 Å². The summed E-state index contributed by atoms with van der Waals surface area (Å²) in [5.41, 5.74) is 0. The summed E-state index contributed by atoms with van der Waals surface area (Å²) < 4.78 is 18.6. The van der Waals surface area contributed by atoms with Gasteiger partial charge in [0.05, 0.1) is 0 Å². The van der Waals surface area contributed by atoms with Crippen LogP contribution in [-0.2, 0) is 4.57 Å². The van der Waals surface area contributed by atoms with E-state index < -0.39 is 7.91 Å². The average Bonchev–Trinajstić information content (AvgIpc) is 0.722. The molecule has 0 amide bonds. The molecule has 0 aliphatic heterocycles. The third-order valence-corrected chi connectivity index (χ3v) is 0. The van der Waals surface area contributed by atoms with E-state index >= 15 is 0 Å². The van der Waals surface area contributed by atoms with Crippen LogP contribution in [0.4, 0.5) is 4.20 Å². The molecule has 0 spiro atoms. The smallest absolute Gasteiger partial charge is 1.00 e. The fraction of sp³-hybridized carbons (Fsp3) is 0. The number of halogens is 2. The Morgan fingerprint density at radius 3 is 1.38 bits per heavy atom. The third-order valence-electron chi connectivity index (χ3n) is 0. The van der Waals surface area contributed by atoms with E-state index in [9.17, 15) is 4.20 Å². The van der Waals surface area contributed by atoms with Crippen LogP contribution in [0.2, 0.25) is 0 Å². The molecule has 0 aliphatic carbocycles. The van der Waals surface area contributed by atoms with Crippen molar-refractivity contribution in [3.63, 3.8) is 0 Å². The van der Waals surface area contributed by atoms with Crippen molar-refractivity contribution in [2.75, 3.05) is 0 Å². The summed E-state index contributed by atoms with van der Waals surface area (Å²) in [7, 11) is -5.64. The van der Waals surface area contributed by atoms with E-state index in [0.717, 1.165) is 0 Å². The Morgan fingerprint density at radius 1 is 1.38 bits per heavy atom. The zero-order valence-corrected chi connectivity index (χ0v) is 9.24. The van der Waals surface area contributed by atoms with Crippen LogP contribution in [-0.4, -0.2) is 37.7 Å². The van der Waals surface area contributed by atoms with Crippen LogP contribution < -0.4 is 44.0 Å². The molecule has 0 heterocycles. The van der Waals surface area contributed by atoms with Crippen LogP contribution in [0.5, 0.6) is 0 Å². The molecule has 8 heavy (non-hydrogen) atoms. The van der Waals surface area contributed by atoms with Gasteiger partial charge in [0, 0.05) is 0 Å². The van der Waals surface area contributed by atoms with Gasteiger partial charge in [-0.1, -0.05) is 0 Å². The zero-order chi connectivity index (χ0) is 4.50. The normalized spacial score (nSPS) is 7.38. The van der Waals surface area contributed by atoms with Gasteiger partial charge in [0.1, 0.15) is 7.91 Å². The second-order valence-corrected chi connectivity index (χ2v) is 1.29. The molecule has 0 N–H and O–H groups in total. The standard InChI is InChI=1S/Ca.FH2O3P.FH.Na/c;1-5(2,3)4;;/h;(H2,2,3,4);1H;/q+2;;;+1/p-3. The first-order valence-corrected chi connectivity index (χ1v) is 2.15. The minimum absolute atomic E-state index is 0. The maximum absolute atomic E-state index is 10.1. The molecule has 0 fully saturated rings. The predicted molar refractivity (Wildman–Crippen MR) is 14.5 cm³/mol. The van der Waals surface area contributed by atoms with Gasteiger partial charge in [-0.05, 0) is 0 Å².